The van der Waals surface area contributed by atoms with Crippen LogP contribution in [0.3, 0.4) is 0 Å². The number of carbonyl (C=O) groups excluding carboxylic acids is 2. The van der Waals surface area contributed by atoms with Gasteiger partial charge in [0.1, 0.15) is 0 Å². The second kappa shape index (κ2) is 5.90. The molecule has 5 nitrogen and oxygen atoms in total. The molecule has 2 N–H and O–H groups in total. The summed E-state index contributed by atoms with van der Waals surface area (Å²) in [6, 6.07) is 0.113. The Bertz CT molecular complexity index is 351. The van der Waals surface area contributed by atoms with Crippen LogP contribution in [0.25, 0.3) is 0 Å². The van der Waals surface area contributed by atoms with E-state index in [4.69, 9.17) is 0 Å². The molecular weight excluding hydrogens is 242 g/mol. The second-order valence-corrected chi connectivity index (χ2v) is 6.01. The zero-order chi connectivity index (χ0) is 13.9. The van der Waals surface area contributed by atoms with E-state index in [9.17, 15) is 9.59 Å². The molecule has 0 aromatic heterocycles. The Balaban J connectivity index is 1.96. The van der Waals surface area contributed by atoms with Crippen molar-refractivity contribution in [3.8, 4) is 0 Å². The van der Waals surface area contributed by atoms with E-state index in [0.717, 1.165) is 45.2 Å². The fourth-order valence-electron chi connectivity index (χ4n) is 3.15. The number of carbonyl (C=O) groups is 2. The minimum Gasteiger partial charge on any atom is -0.352 e. The molecule has 0 aromatic carbocycles. The second-order valence-electron chi connectivity index (χ2n) is 6.01. The minimum absolute atomic E-state index is 0.0127. The van der Waals surface area contributed by atoms with Crippen LogP contribution in [0, 0.1) is 0 Å². The zero-order valence-corrected chi connectivity index (χ0v) is 12.0. The van der Waals surface area contributed by atoms with Crippen LogP contribution >= 0.6 is 0 Å². The molecule has 0 aromatic rings. The molecule has 2 heterocycles. The summed E-state index contributed by atoms with van der Waals surface area (Å²) in [5.41, 5.74) is -0.406. The molecule has 2 amide bonds. The van der Waals surface area contributed by atoms with E-state index in [1.54, 1.807) is 0 Å². The summed E-state index contributed by atoms with van der Waals surface area (Å²) in [6.45, 7) is 5.92. The van der Waals surface area contributed by atoms with Gasteiger partial charge >= 0.3 is 0 Å². The number of amides is 2. The third-order valence-electron chi connectivity index (χ3n) is 4.21. The summed E-state index contributed by atoms with van der Waals surface area (Å²) in [6.07, 6.45) is 5.10. The number of likely N-dealkylation sites (tertiary alicyclic amines) is 1. The van der Waals surface area contributed by atoms with E-state index in [1.807, 2.05) is 11.8 Å². The molecule has 0 radical (unpaired) electrons. The van der Waals surface area contributed by atoms with Gasteiger partial charge in [-0.25, -0.2) is 0 Å². The molecule has 2 aliphatic heterocycles. The first-order valence-corrected chi connectivity index (χ1v) is 7.33. The van der Waals surface area contributed by atoms with Gasteiger partial charge in [0.25, 0.3) is 0 Å². The smallest absolute Gasteiger partial charge is 0.242 e. The summed E-state index contributed by atoms with van der Waals surface area (Å²) in [5, 5.41) is 6.30. The van der Waals surface area contributed by atoms with Gasteiger partial charge in [-0.1, -0.05) is 0 Å². The summed E-state index contributed by atoms with van der Waals surface area (Å²) < 4.78 is 0. The van der Waals surface area contributed by atoms with E-state index in [0.29, 0.717) is 6.54 Å². The monoisotopic (exact) mass is 267 g/mol. The van der Waals surface area contributed by atoms with E-state index >= 15 is 0 Å². The van der Waals surface area contributed by atoms with Crippen LogP contribution in [0.2, 0.25) is 0 Å². The summed E-state index contributed by atoms with van der Waals surface area (Å²) in [4.78, 5) is 25.7. The van der Waals surface area contributed by atoms with Crippen molar-refractivity contribution < 1.29 is 9.59 Å². The van der Waals surface area contributed by atoms with Crippen LogP contribution in [0.5, 0.6) is 0 Å². The maximum absolute atomic E-state index is 12.7. The maximum atomic E-state index is 12.7. The van der Waals surface area contributed by atoms with Gasteiger partial charge in [0.2, 0.25) is 11.8 Å². The van der Waals surface area contributed by atoms with Gasteiger partial charge < -0.3 is 15.5 Å². The van der Waals surface area contributed by atoms with E-state index in [2.05, 4.69) is 10.6 Å². The van der Waals surface area contributed by atoms with E-state index in [-0.39, 0.29) is 17.9 Å². The lowest BCUT2D eigenvalue weighted by Gasteiger charge is -2.41. The van der Waals surface area contributed by atoms with Crippen molar-refractivity contribution >= 4 is 11.8 Å². The average Bonchev–Trinajstić information content (AvgIpc) is 2.38. The zero-order valence-electron chi connectivity index (χ0n) is 12.0. The lowest BCUT2D eigenvalue weighted by molar-refractivity contribution is -0.140. The van der Waals surface area contributed by atoms with Gasteiger partial charge in [-0.05, 0) is 45.6 Å². The molecule has 19 heavy (non-hydrogen) atoms. The molecule has 0 aliphatic carbocycles. The highest BCUT2D eigenvalue weighted by Gasteiger charge is 2.38. The summed E-state index contributed by atoms with van der Waals surface area (Å²) in [5.74, 6) is 0.184. The average molecular weight is 267 g/mol. The summed E-state index contributed by atoms with van der Waals surface area (Å²) >= 11 is 0. The molecule has 2 fully saturated rings. The van der Waals surface area contributed by atoms with Crippen molar-refractivity contribution in [1.82, 2.24) is 15.5 Å². The lowest BCUT2D eigenvalue weighted by atomic mass is 9.88. The first-order chi connectivity index (χ1) is 9.01. The number of rotatable bonds is 2. The fourth-order valence-corrected chi connectivity index (χ4v) is 3.15. The van der Waals surface area contributed by atoms with Gasteiger partial charge in [-0.2, -0.15) is 0 Å². The third kappa shape index (κ3) is 3.47. The molecule has 0 bridgehead atoms. The lowest BCUT2D eigenvalue weighted by Crippen LogP contribution is -2.61. The van der Waals surface area contributed by atoms with Gasteiger partial charge in [-0.15, -0.1) is 0 Å². The minimum atomic E-state index is -0.406. The van der Waals surface area contributed by atoms with Crippen molar-refractivity contribution in [2.24, 2.45) is 0 Å². The Hall–Kier alpha value is -1.10. The Morgan fingerprint density at radius 3 is 2.74 bits per heavy atom. The van der Waals surface area contributed by atoms with Crippen LogP contribution in [0.4, 0.5) is 0 Å². The maximum Gasteiger partial charge on any atom is 0.242 e. The van der Waals surface area contributed by atoms with Crippen LogP contribution in [0.15, 0.2) is 0 Å². The Kier molecular flexibility index (Phi) is 4.45. The number of nitrogens with one attached hydrogen (secondary N) is 2. The van der Waals surface area contributed by atoms with Crippen molar-refractivity contribution in [1.29, 1.82) is 0 Å². The van der Waals surface area contributed by atoms with Gasteiger partial charge in [0.15, 0.2) is 0 Å². The number of hydrogen-bond donors (Lipinski definition) is 2. The first-order valence-electron chi connectivity index (χ1n) is 7.33. The highest BCUT2D eigenvalue weighted by atomic mass is 16.2. The molecular formula is C14H25N3O2. The molecule has 2 atom stereocenters. The molecule has 2 rings (SSSR count). The Morgan fingerprint density at radius 1 is 1.32 bits per heavy atom. The van der Waals surface area contributed by atoms with Crippen molar-refractivity contribution in [2.45, 2.75) is 57.5 Å². The van der Waals surface area contributed by atoms with Gasteiger partial charge in [-0.3, -0.25) is 9.59 Å². The van der Waals surface area contributed by atoms with E-state index in [1.165, 1.54) is 6.92 Å². The Morgan fingerprint density at radius 2 is 2.11 bits per heavy atom. The van der Waals surface area contributed by atoms with Crippen molar-refractivity contribution in [3.63, 3.8) is 0 Å². The van der Waals surface area contributed by atoms with Crippen molar-refractivity contribution in [3.05, 3.63) is 0 Å². The first kappa shape index (κ1) is 14.3. The number of piperidine rings is 2. The number of nitrogens with zero attached hydrogens (tertiary/aromatic N) is 1. The van der Waals surface area contributed by atoms with Gasteiger partial charge in [0.05, 0.1) is 5.54 Å². The molecule has 0 saturated carbocycles. The quantitative estimate of drug-likeness (QED) is 0.772. The molecule has 5 heteroatoms. The SMILES string of the molecule is CC(=O)N[C@H]1CCCN(C(=O)[C@]2(C)CCCCN2)C1. The topological polar surface area (TPSA) is 61.4 Å². The van der Waals surface area contributed by atoms with E-state index < -0.39 is 5.54 Å². The predicted molar refractivity (Wildman–Crippen MR) is 73.7 cm³/mol. The predicted octanol–water partition coefficient (Wildman–Crippen LogP) is 0.646. The molecule has 2 saturated heterocycles. The van der Waals surface area contributed by atoms with Crippen LogP contribution in [-0.4, -0.2) is 47.9 Å². The largest absolute Gasteiger partial charge is 0.352 e. The molecule has 2 aliphatic rings. The molecule has 108 valence electrons. The van der Waals surface area contributed by atoms with Crippen LogP contribution in [0.1, 0.15) is 46.0 Å². The summed E-state index contributed by atoms with van der Waals surface area (Å²) in [7, 11) is 0. The standard InChI is InChI=1S/C14H25N3O2/c1-11(18)16-12-6-5-9-17(10-12)13(19)14(2)7-3-4-8-15-14/h12,15H,3-10H2,1-2H3,(H,16,18)/t12-,14-/m0/s1. The highest BCUT2D eigenvalue weighted by Crippen LogP contribution is 2.23. The normalized spacial score (nSPS) is 31.9. The van der Waals surface area contributed by atoms with Gasteiger partial charge in [0, 0.05) is 26.1 Å². The molecule has 0 unspecified atom stereocenters. The third-order valence-corrected chi connectivity index (χ3v) is 4.21. The number of hydrogen-bond acceptors (Lipinski definition) is 3. The van der Waals surface area contributed by atoms with Crippen molar-refractivity contribution in [2.75, 3.05) is 19.6 Å². The molecule has 0 spiro atoms. The fraction of sp³-hybridized carbons (Fsp3) is 0.857. The van der Waals surface area contributed by atoms with Crippen LogP contribution in [-0.2, 0) is 9.59 Å². The Labute approximate surface area is 115 Å². The highest BCUT2D eigenvalue weighted by molar-refractivity contribution is 5.86. The van der Waals surface area contributed by atoms with Crippen LogP contribution < -0.4 is 10.6 Å².